The summed E-state index contributed by atoms with van der Waals surface area (Å²) in [5.74, 6) is -0.0192. The minimum Gasteiger partial charge on any atom is -0.405 e. The Balaban J connectivity index is 1.23. The highest BCUT2D eigenvalue weighted by Crippen LogP contribution is 2.42. The highest BCUT2D eigenvalue weighted by Gasteiger charge is 2.30. The van der Waals surface area contributed by atoms with E-state index in [2.05, 4.69) is 51.6 Å². The van der Waals surface area contributed by atoms with E-state index in [4.69, 9.17) is 17.2 Å². The first-order chi connectivity index (χ1) is 26.5. The van der Waals surface area contributed by atoms with Crippen LogP contribution in [-0.2, 0) is 9.31 Å². The number of carbonyl (C=O) groups is 2. The first kappa shape index (κ1) is 32.7. The molecule has 7 aromatic rings. The number of fused-ring (bicyclic) bond motifs is 6. The van der Waals surface area contributed by atoms with Crippen molar-refractivity contribution in [2.75, 3.05) is 13.2 Å². The van der Waals surface area contributed by atoms with E-state index in [1.165, 1.54) is 0 Å². The molecule has 0 amide bonds. The Morgan fingerprint density at radius 3 is 1.44 bits per heavy atom. The molecule has 0 saturated carbocycles. The van der Waals surface area contributed by atoms with E-state index >= 15 is 0 Å². The SMILES string of the molecule is [B]C1=CC=C(n2c3cc(C(=O)c4ccccc4)ccc3c3cc4c(cc32)c2ccc(C(=O)c3ccccc3)cc2n4C2=CC=C(B3OCCO3)CC2)CC1. The summed E-state index contributed by atoms with van der Waals surface area (Å²) in [5.41, 5.74) is 10.9. The lowest BCUT2D eigenvalue weighted by atomic mass is 9.74. The Hall–Kier alpha value is -5.95. The first-order valence-corrected chi connectivity index (χ1v) is 18.6. The van der Waals surface area contributed by atoms with Gasteiger partial charge in [0.05, 0.1) is 35.3 Å². The van der Waals surface area contributed by atoms with Crippen molar-refractivity contribution in [3.63, 3.8) is 0 Å². The molecule has 0 unspecified atom stereocenters. The zero-order valence-electron chi connectivity index (χ0n) is 29.6. The predicted octanol–water partition coefficient (Wildman–Crippen LogP) is 9.69. The molecule has 3 aliphatic rings. The second-order valence-electron chi connectivity index (χ2n) is 14.3. The summed E-state index contributed by atoms with van der Waals surface area (Å²) in [6.07, 6.45) is 11.5. The predicted molar refractivity (Wildman–Crippen MR) is 219 cm³/mol. The molecule has 0 N–H and O–H groups in total. The summed E-state index contributed by atoms with van der Waals surface area (Å²) < 4.78 is 16.3. The Kier molecular flexibility index (Phi) is 7.97. The van der Waals surface area contributed by atoms with Crippen LogP contribution in [0.5, 0.6) is 0 Å². The van der Waals surface area contributed by atoms with Gasteiger partial charge in [-0.2, -0.15) is 0 Å². The smallest absolute Gasteiger partial charge is 0.405 e. The van der Waals surface area contributed by atoms with Crippen LogP contribution in [0.1, 0.15) is 57.5 Å². The van der Waals surface area contributed by atoms with Gasteiger partial charge >= 0.3 is 7.12 Å². The van der Waals surface area contributed by atoms with Crippen LogP contribution in [0.25, 0.3) is 55.0 Å². The lowest BCUT2D eigenvalue weighted by Gasteiger charge is -2.19. The van der Waals surface area contributed by atoms with Crippen molar-refractivity contribution in [1.82, 2.24) is 9.13 Å². The molecule has 0 bridgehead atoms. The van der Waals surface area contributed by atoms with Crippen LogP contribution in [0, 0.1) is 0 Å². The second kappa shape index (κ2) is 13.2. The molecule has 2 aliphatic carbocycles. The third kappa shape index (κ3) is 5.44. The minimum atomic E-state index is -0.292. The first-order valence-electron chi connectivity index (χ1n) is 18.6. The van der Waals surface area contributed by atoms with Gasteiger partial charge in [-0.1, -0.05) is 97.1 Å². The van der Waals surface area contributed by atoms with E-state index in [0.717, 1.165) is 91.6 Å². The van der Waals surface area contributed by atoms with Crippen LogP contribution in [-0.4, -0.2) is 48.9 Å². The van der Waals surface area contributed by atoms with E-state index in [1.807, 2.05) is 91.0 Å². The lowest BCUT2D eigenvalue weighted by molar-refractivity contribution is 0.103. The molecule has 1 aliphatic heterocycles. The van der Waals surface area contributed by atoms with E-state index in [9.17, 15) is 9.59 Å². The molecular weight excluding hydrogens is 666 g/mol. The minimum absolute atomic E-state index is 0.00958. The van der Waals surface area contributed by atoms with Crippen LogP contribution in [0.4, 0.5) is 0 Å². The third-order valence-corrected chi connectivity index (χ3v) is 11.1. The summed E-state index contributed by atoms with van der Waals surface area (Å²) in [6.45, 7) is 1.21. The summed E-state index contributed by atoms with van der Waals surface area (Å²) in [5, 5.41) is 4.30. The number of hydrogen-bond acceptors (Lipinski definition) is 4. The monoisotopic (exact) mass is 700 g/mol. The van der Waals surface area contributed by atoms with E-state index in [0.29, 0.717) is 35.5 Å². The van der Waals surface area contributed by atoms with E-state index < -0.39 is 0 Å². The van der Waals surface area contributed by atoms with Gasteiger partial charge in [0.25, 0.3) is 0 Å². The number of hydrogen-bond donors (Lipinski definition) is 0. The Labute approximate surface area is 314 Å². The van der Waals surface area contributed by atoms with Gasteiger partial charge in [0, 0.05) is 55.2 Å². The lowest BCUT2D eigenvalue weighted by Crippen LogP contribution is -2.19. The molecule has 258 valence electrons. The van der Waals surface area contributed by atoms with Crippen LogP contribution in [0.2, 0.25) is 0 Å². The number of carbonyl (C=O) groups excluding carboxylic acids is 2. The van der Waals surface area contributed by atoms with E-state index in [1.54, 1.807) is 0 Å². The Bertz CT molecular complexity index is 2820. The van der Waals surface area contributed by atoms with Gasteiger partial charge in [0.2, 0.25) is 0 Å². The number of benzene rings is 5. The molecule has 5 aromatic carbocycles. The fourth-order valence-electron chi connectivity index (χ4n) is 8.37. The van der Waals surface area contributed by atoms with Crippen LogP contribution in [0.15, 0.2) is 144 Å². The topological polar surface area (TPSA) is 62.5 Å². The maximum Gasteiger partial charge on any atom is 0.489 e. The zero-order valence-corrected chi connectivity index (χ0v) is 29.6. The summed E-state index contributed by atoms with van der Waals surface area (Å²) in [6, 6.07) is 35.6. The van der Waals surface area contributed by atoms with Gasteiger partial charge in [-0.3, -0.25) is 9.59 Å². The van der Waals surface area contributed by atoms with Crippen molar-refractivity contribution >= 4 is 81.5 Å². The van der Waals surface area contributed by atoms with Gasteiger partial charge in [0.1, 0.15) is 7.85 Å². The summed E-state index contributed by atoms with van der Waals surface area (Å²) >= 11 is 0. The molecule has 0 spiro atoms. The number of aromatic nitrogens is 2. The van der Waals surface area contributed by atoms with Crippen molar-refractivity contribution in [2.45, 2.75) is 25.7 Å². The fourth-order valence-corrected chi connectivity index (χ4v) is 8.37. The highest BCUT2D eigenvalue weighted by molar-refractivity contribution is 6.54. The van der Waals surface area contributed by atoms with Crippen LogP contribution in [0.3, 0.4) is 0 Å². The molecule has 2 radical (unpaired) electrons. The molecular formula is C46H34B2N2O4. The number of nitrogens with zero attached hydrogens (tertiary/aromatic N) is 2. The maximum atomic E-state index is 13.8. The van der Waals surface area contributed by atoms with Crippen molar-refractivity contribution in [1.29, 1.82) is 0 Å². The molecule has 3 heterocycles. The molecule has 8 heteroatoms. The number of ketones is 2. The number of rotatable bonds is 7. The summed E-state index contributed by atoms with van der Waals surface area (Å²) in [4.78, 5) is 27.5. The molecule has 54 heavy (non-hydrogen) atoms. The quantitative estimate of drug-likeness (QED) is 0.123. The van der Waals surface area contributed by atoms with Crippen molar-refractivity contribution in [2.24, 2.45) is 0 Å². The van der Waals surface area contributed by atoms with Crippen molar-refractivity contribution in [3.05, 3.63) is 167 Å². The number of allylic oxidation sites excluding steroid dienone is 8. The zero-order chi connectivity index (χ0) is 36.3. The summed E-state index contributed by atoms with van der Waals surface area (Å²) in [7, 11) is 5.95. The maximum absolute atomic E-state index is 13.8. The molecule has 0 atom stereocenters. The molecule has 10 rings (SSSR count). The molecule has 6 nitrogen and oxygen atoms in total. The van der Waals surface area contributed by atoms with Gasteiger partial charge in [-0.25, -0.2) is 0 Å². The van der Waals surface area contributed by atoms with Gasteiger partial charge in [-0.15, -0.1) is 5.47 Å². The van der Waals surface area contributed by atoms with Gasteiger partial charge in [-0.05, 0) is 67.6 Å². The second-order valence-corrected chi connectivity index (χ2v) is 14.3. The molecule has 2 aromatic heterocycles. The average Bonchev–Trinajstić information content (AvgIpc) is 3.96. The van der Waals surface area contributed by atoms with Crippen LogP contribution >= 0.6 is 0 Å². The Morgan fingerprint density at radius 1 is 0.500 bits per heavy atom. The largest absolute Gasteiger partial charge is 0.489 e. The normalized spacial score (nSPS) is 16.2. The Morgan fingerprint density at radius 2 is 0.981 bits per heavy atom. The fraction of sp³-hybridized carbons (Fsp3) is 0.130. The van der Waals surface area contributed by atoms with Crippen LogP contribution < -0.4 is 0 Å². The standard InChI is InChI=1S/C46H34B2N2O4/c47-33-13-17-35(18-14-33)49-41-25-31(45(51)29-7-3-1-4-8-29)11-21-37(41)39-28-44-40(27-43(39)49)38-22-12-32(46(52)30-9-5-2-6-10-30)26-42(38)50(44)36-19-15-34(16-20-36)48-53-23-24-54-48/h1-13,15,17,19,21-22,25-28H,14,16,18,20,23-24H2. The highest BCUT2D eigenvalue weighted by atomic mass is 16.6. The molecule has 1 saturated heterocycles. The van der Waals surface area contributed by atoms with Gasteiger partial charge in [0.15, 0.2) is 11.6 Å². The van der Waals surface area contributed by atoms with Crippen molar-refractivity contribution in [3.8, 4) is 0 Å². The third-order valence-electron chi connectivity index (χ3n) is 11.1. The van der Waals surface area contributed by atoms with E-state index in [-0.39, 0.29) is 18.7 Å². The van der Waals surface area contributed by atoms with Gasteiger partial charge < -0.3 is 18.4 Å². The van der Waals surface area contributed by atoms with Crippen molar-refractivity contribution < 1.29 is 18.9 Å². The molecule has 1 fully saturated rings. The average molecular weight is 700 g/mol.